The molecule has 0 amide bonds. The predicted molar refractivity (Wildman–Crippen MR) is 107 cm³/mol. The molecule has 0 aliphatic carbocycles. The Morgan fingerprint density at radius 1 is 1.00 bits per heavy atom. The van der Waals surface area contributed by atoms with E-state index in [9.17, 15) is 0 Å². The van der Waals surface area contributed by atoms with E-state index in [1.165, 1.54) is 11.1 Å². The lowest BCUT2D eigenvalue weighted by molar-refractivity contribution is 0.949. The fourth-order valence-corrected chi connectivity index (χ4v) is 3.04. The molecular formula is C20H22ClN5. The molecule has 2 N–H and O–H groups in total. The van der Waals surface area contributed by atoms with E-state index in [0.29, 0.717) is 11.8 Å². The van der Waals surface area contributed by atoms with Gasteiger partial charge >= 0.3 is 0 Å². The fourth-order valence-electron chi connectivity index (χ4n) is 2.92. The highest BCUT2D eigenvalue weighted by Gasteiger charge is 2.07. The Balaban J connectivity index is 1.64. The van der Waals surface area contributed by atoms with Gasteiger partial charge < -0.3 is 10.6 Å². The monoisotopic (exact) mass is 367 g/mol. The van der Waals surface area contributed by atoms with Gasteiger partial charge in [0.25, 0.3) is 0 Å². The quantitative estimate of drug-likeness (QED) is 0.652. The smallest absolute Gasteiger partial charge is 0.249 e. The molecule has 0 saturated heterocycles. The predicted octanol–water partition coefficient (Wildman–Crippen LogP) is 4.85. The lowest BCUT2D eigenvalue weighted by Crippen LogP contribution is -2.09. The zero-order valence-electron chi connectivity index (χ0n) is 15.2. The van der Waals surface area contributed by atoms with Crippen molar-refractivity contribution < 1.29 is 0 Å². The van der Waals surface area contributed by atoms with Gasteiger partial charge in [-0.1, -0.05) is 41.4 Å². The maximum atomic E-state index is 5.91. The van der Waals surface area contributed by atoms with Gasteiger partial charge in [0.2, 0.25) is 5.95 Å². The van der Waals surface area contributed by atoms with Crippen LogP contribution in [0, 0.1) is 20.8 Å². The maximum absolute atomic E-state index is 5.91. The molecule has 0 aliphatic rings. The second kappa shape index (κ2) is 8.15. The van der Waals surface area contributed by atoms with Crippen LogP contribution < -0.4 is 10.6 Å². The van der Waals surface area contributed by atoms with Crippen LogP contribution in [0.2, 0.25) is 5.02 Å². The number of anilines is 3. The number of rotatable bonds is 6. The Morgan fingerprint density at radius 2 is 1.69 bits per heavy atom. The van der Waals surface area contributed by atoms with Gasteiger partial charge in [-0.15, -0.1) is 5.10 Å². The minimum Gasteiger partial charge on any atom is -0.368 e. The summed E-state index contributed by atoms with van der Waals surface area (Å²) in [6.45, 7) is 6.99. The van der Waals surface area contributed by atoms with Crippen molar-refractivity contribution in [3.63, 3.8) is 0 Å². The number of nitrogens with zero attached hydrogens (tertiary/aromatic N) is 3. The zero-order valence-corrected chi connectivity index (χ0v) is 15.9. The van der Waals surface area contributed by atoms with Crippen LogP contribution in [0.5, 0.6) is 0 Å². The fraction of sp³-hybridized carbons (Fsp3) is 0.250. The molecule has 26 heavy (non-hydrogen) atoms. The summed E-state index contributed by atoms with van der Waals surface area (Å²) < 4.78 is 0. The van der Waals surface area contributed by atoms with E-state index < -0.39 is 0 Å². The van der Waals surface area contributed by atoms with Crippen molar-refractivity contribution in [3.8, 4) is 0 Å². The van der Waals surface area contributed by atoms with E-state index in [1.807, 2.05) is 24.3 Å². The third-order valence-electron chi connectivity index (χ3n) is 4.11. The Bertz CT molecular complexity index is 870. The number of aryl methyl sites for hydroxylation is 3. The summed E-state index contributed by atoms with van der Waals surface area (Å²) >= 11 is 5.91. The number of hydrogen-bond acceptors (Lipinski definition) is 5. The molecule has 6 heteroatoms. The van der Waals surface area contributed by atoms with Gasteiger partial charge in [-0.25, -0.2) is 0 Å². The third kappa shape index (κ3) is 4.70. The lowest BCUT2D eigenvalue weighted by Gasteiger charge is -2.13. The highest BCUT2D eigenvalue weighted by atomic mass is 35.5. The van der Waals surface area contributed by atoms with E-state index in [0.717, 1.165) is 34.8 Å². The standard InChI is InChI=1S/C20H22ClN5/c1-13-10-14(2)19(15(3)11-13)25-20-24-18(12-23-26-20)22-9-8-16-4-6-17(21)7-5-16/h4-7,10-12H,8-9H2,1-3H3,(H2,22,24,25,26). The molecule has 3 rings (SSSR count). The molecule has 0 spiro atoms. The highest BCUT2D eigenvalue weighted by Crippen LogP contribution is 2.24. The molecule has 0 unspecified atom stereocenters. The summed E-state index contributed by atoms with van der Waals surface area (Å²) in [7, 11) is 0. The molecule has 0 atom stereocenters. The second-order valence-corrected chi connectivity index (χ2v) is 6.80. The number of nitrogens with one attached hydrogen (secondary N) is 2. The molecule has 2 aromatic carbocycles. The van der Waals surface area contributed by atoms with E-state index in [1.54, 1.807) is 6.20 Å². The number of hydrogen-bond donors (Lipinski definition) is 2. The Hall–Kier alpha value is -2.66. The largest absolute Gasteiger partial charge is 0.368 e. The lowest BCUT2D eigenvalue weighted by atomic mass is 10.1. The van der Waals surface area contributed by atoms with Crippen molar-refractivity contribution in [1.82, 2.24) is 15.2 Å². The minimum absolute atomic E-state index is 0.483. The van der Waals surface area contributed by atoms with Gasteiger partial charge in [-0.05, 0) is 56.0 Å². The molecule has 1 heterocycles. The minimum atomic E-state index is 0.483. The first-order chi connectivity index (χ1) is 12.5. The molecule has 0 saturated carbocycles. The van der Waals surface area contributed by atoms with Gasteiger partial charge in [0.1, 0.15) is 0 Å². The molecule has 0 fully saturated rings. The first-order valence-electron chi connectivity index (χ1n) is 8.54. The second-order valence-electron chi connectivity index (χ2n) is 6.37. The van der Waals surface area contributed by atoms with Gasteiger partial charge in [0, 0.05) is 17.3 Å². The summed E-state index contributed by atoms with van der Waals surface area (Å²) in [5, 5.41) is 15.4. The Kier molecular flexibility index (Phi) is 5.68. The van der Waals surface area contributed by atoms with Crippen molar-refractivity contribution in [1.29, 1.82) is 0 Å². The Labute approximate surface area is 158 Å². The topological polar surface area (TPSA) is 62.7 Å². The molecule has 134 valence electrons. The first-order valence-corrected chi connectivity index (χ1v) is 8.92. The maximum Gasteiger partial charge on any atom is 0.249 e. The molecule has 1 aromatic heterocycles. The SMILES string of the molecule is Cc1cc(C)c(Nc2nncc(NCCc3ccc(Cl)cc3)n2)c(C)c1. The van der Waals surface area contributed by atoms with Crippen molar-refractivity contribution in [2.24, 2.45) is 0 Å². The molecule has 0 radical (unpaired) electrons. The van der Waals surface area contributed by atoms with Crippen LogP contribution in [0.1, 0.15) is 22.3 Å². The van der Waals surface area contributed by atoms with Crippen molar-refractivity contribution in [2.75, 3.05) is 17.2 Å². The molecule has 5 nitrogen and oxygen atoms in total. The van der Waals surface area contributed by atoms with Crippen LogP contribution in [0.15, 0.2) is 42.6 Å². The molecular weight excluding hydrogens is 346 g/mol. The van der Waals surface area contributed by atoms with E-state index >= 15 is 0 Å². The van der Waals surface area contributed by atoms with Crippen LogP contribution in [0.3, 0.4) is 0 Å². The number of benzene rings is 2. The Morgan fingerprint density at radius 3 is 2.38 bits per heavy atom. The summed E-state index contributed by atoms with van der Waals surface area (Å²) in [4.78, 5) is 4.50. The highest BCUT2D eigenvalue weighted by molar-refractivity contribution is 6.30. The average molecular weight is 368 g/mol. The van der Waals surface area contributed by atoms with Crippen LogP contribution in [0.4, 0.5) is 17.5 Å². The molecule has 0 aliphatic heterocycles. The molecule has 3 aromatic rings. The summed E-state index contributed by atoms with van der Waals surface area (Å²) in [5.74, 6) is 1.18. The van der Waals surface area contributed by atoms with E-state index in [4.69, 9.17) is 11.6 Å². The van der Waals surface area contributed by atoms with E-state index in [-0.39, 0.29) is 0 Å². The summed E-state index contributed by atoms with van der Waals surface area (Å²) in [5.41, 5.74) is 5.80. The van der Waals surface area contributed by atoms with Crippen molar-refractivity contribution in [3.05, 3.63) is 69.9 Å². The van der Waals surface area contributed by atoms with Crippen LogP contribution in [0.25, 0.3) is 0 Å². The van der Waals surface area contributed by atoms with Crippen molar-refractivity contribution in [2.45, 2.75) is 27.2 Å². The average Bonchev–Trinajstić information content (AvgIpc) is 2.60. The zero-order chi connectivity index (χ0) is 18.5. The van der Waals surface area contributed by atoms with Crippen LogP contribution in [-0.4, -0.2) is 21.7 Å². The van der Waals surface area contributed by atoms with Gasteiger partial charge in [-0.2, -0.15) is 10.1 Å². The normalized spacial score (nSPS) is 10.6. The summed E-state index contributed by atoms with van der Waals surface area (Å²) in [6.07, 6.45) is 2.50. The number of aromatic nitrogens is 3. The van der Waals surface area contributed by atoms with Crippen LogP contribution >= 0.6 is 11.6 Å². The summed E-state index contributed by atoms with van der Waals surface area (Å²) in [6, 6.07) is 12.1. The van der Waals surface area contributed by atoms with Crippen molar-refractivity contribution >= 4 is 29.1 Å². The van der Waals surface area contributed by atoms with Gasteiger partial charge in [-0.3, -0.25) is 0 Å². The third-order valence-corrected chi connectivity index (χ3v) is 4.36. The number of halogens is 1. The van der Waals surface area contributed by atoms with Gasteiger partial charge in [0.05, 0.1) is 6.20 Å². The van der Waals surface area contributed by atoms with Crippen LogP contribution in [-0.2, 0) is 6.42 Å². The van der Waals surface area contributed by atoms with Gasteiger partial charge in [0.15, 0.2) is 5.82 Å². The first kappa shape index (κ1) is 18.1. The molecule has 0 bridgehead atoms. The van der Waals surface area contributed by atoms with E-state index in [2.05, 4.69) is 58.7 Å².